The van der Waals surface area contributed by atoms with E-state index in [-0.39, 0.29) is 32.7 Å². The van der Waals surface area contributed by atoms with Gasteiger partial charge in [0.05, 0.1) is 36.4 Å². The second-order valence-electron chi connectivity index (χ2n) is 5.85. The molecule has 0 bridgehead atoms. The van der Waals surface area contributed by atoms with Gasteiger partial charge in [-0.2, -0.15) is 0 Å². The fraction of sp³-hybridized carbons (Fsp3) is 0.263. The Morgan fingerprint density at radius 2 is 1.84 bits per heavy atom. The highest BCUT2D eigenvalue weighted by Gasteiger charge is 2.27. The van der Waals surface area contributed by atoms with Crippen LogP contribution in [-0.2, 0) is 9.47 Å². The van der Waals surface area contributed by atoms with E-state index < -0.39 is 17.8 Å². The number of carbonyl (C=O) groups is 3. The standard InChI is InChI=1S/C19H18Br2N2O6S2/c1-5-29-17(25)12-8(2)14(18(26)28-4)31-16(12)23-19(30)22-15(24)10-6-9(20)7-11(21)13(10)27-3/h6-7H,5H2,1-4H3,(H2,22,23,24,30). The second-order valence-corrected chi connectivity index (χ2v) is 9.05. The van der Waals surface area contributed by atoms with Gasteiger partial charge in [-0.15, -0.1) is 11.3 Å². The molecule has 0 saturated heterocycles. The van der Waals surface area contributed by atoms with Crippen LogP contribution in [0.5, 0.6) is 5.75 Å². The first kappa shape index (κ1) is 25.2. The summed E-state index contributed by atoms with van der Waals surface area (Å²) >= 11 is 12.9. The summed E-state index contributed by atoms with van der Waals surface area (Å²) in [4.78, 5) is 37.5. The first-order valence-corrected chi connectivity index (χ1v) is 11.5. The third-order valence-corrected chi connectivity index (χ3v) is 6.35. The third kappa shape index (κ3) is 5.82. The number of thiocarbonyl (C=S) groups is 1. The Balaban J connectivity index is 2.32. The number of benzene rings is 1. The van der Waals surface area contributed by atoms with E-state index in [1.165, 1.54) is 14.2 Å². The number of rotatable bonds is 6. The minimum atomic E-state index is -0.624. The molecule has 0 spiro atoms. The van der Waals surface area contributed by atoms with Gasteiger partial charge in [0.2, 0.25) is 0 Å². The van der Waals surface area contributed by atoms with Crippen LogP contribution in [0.3, 0.4) is 0 Å². The van der Waals surface area contributed by atoms with Crippen molar-refractivity contribution in [3.8, 4) is 5.75 Å². The molecule has 0 fully saturated rings. The summed E-state index contributed by atoms with van der Waals surface area (Å²) in [6.45, 7) is 3.42. The Hall–Kier alpha value is -2.02. The lowest BCUT2D eigenvalue weighted by Gasteiger charge is -2.13. The normalized spacial score (nSPS) is 10.3. The van der Waals surface area contributed by atoms with Crippen LogP contribution in [0.1, 0.15) is 42.9 Å². The molecule has 2 rings (SSSR count). The van der Waals surface area contributed by atoms with Crippen LogP contribution in [0.25, 0.3) is 0 Å². The summed E-state index contributed by atoms with van der Waals surface area (Å²) in [5.41, 5.74) is 0.771. The van der Waals surface area contributed by atoms with Crippen molar-refractivity contribution in [1.82, 2.24) is 5.32 Å². The van der Waals surface area contributed by atoms with Gasteiger partial charge in [0.1, 0.15) is 15.6 Å². The van der Waals surface area contributed by atoms with E-state index in [0.717, 1.165) is 11.3 Å². The number of anilines is 1. The SMILES string of the molecule is CCOC(=O)c1c(NC(=S)NC(=O)c2cc(Br)cc(Br)c2OC)sc(C(=O)OC)c1C. The highest BCUT2D eigenvalue weighted by Crippen LogP contribution is 2.35. The lowest BCUT2D eigenvalue weighted by atomic mass is 10.1. The molecule has 0 aliphatic rings. The molecule has 166 valence electrons. The van der Waals surface area contributed by atoms with E-state index >= 15 is 0 Å². The molecule has 1 aromatic carbocycles. The molecule has 12 heteroatoms. The van der Waals surface area contributed by atoms with Gasteiger partial charge in [0.15, 0.2) is 5.11 Å². The maximum absolute atomic E-state index is 12.8. The molecule has 0 aliphatic carbocycles. The average molecular weight is 594 g/mol. The minimum Gasteiger partial charge on any atom is -0.495 e. The molecule has 31 heavy (non-hydrogen) atoms. The topological polar surface area (TPSA) is 103 Å². The number of carbonyl (C=O) groups excluding carboxylic acids is 3. The minimum absolute atomic E-state index is 0.0774. The molecule has 0 aliphatic heterocycles. The van der Waals surface area contributed by atoms with Crippen molar-refractivity contribution in [3.63, 3.8) is 0 Å². The van der Waals surface area contributed by atoms with Gasteiger partial charge in [0.25, 0.3) is 5.91 Å². The zero-order chi connectivity index (χ0) is 23.3. The molecule has 0 radical (unpaired) electrons. The molecule has 1 heterocycles. The molecular weight excluding hydrogens is 576 g/mol. The Morgan fingerprint density at radius 1 is 1.16 bits per heavy atom. The number of halogens is 2. The Labute approximate surface area is 204 Å². The van der Waals surface area contributed by atoms with Crippen LogP contribution in [0.15, 0.2) is 21.1 Å². The fourth-order valence-electron chi connectivity index (χ4n) is 2.58. The Kier molecular flexibility index (Phi) is 8.98. The number of hydrogen-bond acceptors (Lipinski definition) is 8. The summed E-state index contributed by atoms with van der Waals surface area (Å²) in [6, 6.07) is 3.32. The van der Waals surface area contributed by atoms with E-state index in [0.29, 0.717) is 20.3 Å². The highest BCUT2D eigenvalue weighted by molar-refractivity contribution is 9.11. The molecule has 1 aromatic heterocycles. The molecule has 2 N–H and O–H groups in total. The van der Waals surface area contributed by atoms with Crippen molar-refractivity contribution in [2.24, 2.45) is 0 Å². The Morgan fingerprint density at radius 3 is 2.42 bits per heavy atom. The average Bonchev–Trinajstić information content (AvgIpc) is 3.02. The monoisotopic (exact) mass is 592 g/mol. The summed E-state index contributed by atoms with van der Waals surface area (Å²) in [6.07, 6.45) is 0. The fourth-order valence-corrected chi connectivity index (χ4v) is 5.34. The van der Waals surface area contributed by atoms with E-state index in [1.807, 2.05) is 0 Å². The van der Waals surface area contributed by atoms with Crippen LogP contribution >= 0.6 is 55.4 Å². The smallest absolute Gasteiger partial charge is 0.348 e. The number of hydrogen-bond donors (Lipinski definition) is 2. The van der Waals surface area contributed by atoms with E-state index in [2.05, 4.69) is 42.5 Å². The van der Waals surface area contributed by atoms with Gasteiger partial charge < -0.3 is 19.5 Å². The van der Waals surface area contributed by atoms with Crippen molar-refractivity contribution in [1.29, 1.82) is 0 Å². The summed E-state index contributed by atoms with van der Waals surface area (Å²) < 4.78 is 16.4. The summed E-state index contributed by atoms with van der Waals surface area (Å²) in [5, 5.41) is 5.52. The van der Waals surface area contributed by atoms with Crippen molar-refractivity contribution < 1.29 is 28.6 Å². The van der Waals surface area contributed by atoms with Gasteiger partial charge in [-0.05, 0) is 59.7 Å². The number of ether oxygens (including phenoxy) is 3. The number of nitrogens with one attached hydrogen (secondary N) is 2. The van der Waals surface area contributed by atoms with Crippen LogP contribution in [0.4, 0.5) is 5.00 Å². The van der Waals surface area contributed by atoms with Gasteiger partial charge >= 0.3 is 11.9 Å². The number of thiophene rings is 1. The van der Waals surface area contributed by atoms with Gasteiger partial charge in [0, 0.05) is 4.47 Å². The summed E-state index contributed by atoms with van der Waals surface area (Å²) in [7, 11) is 2.68. The largest absolute Gasteiger partial charge is 0.495 e. The highest BCUT2D eigenvalue weighted by atomic mass is 79.9. The quantitative estimate of drug-likeness (QED) is 0.368. The van der Waals surface area contributed by atoms with Gasteiger partial charge in [-0.25, -0.2) is 9.59 Å². The number of methoxy groups -OCH3 is 2. The van der Waals surface area contributed by atoms with Crippen molar-refractivity contribution >= 4 is 83.4 Å². The maximum atomic E-state index is 12.8. The summed E-state index contributed by atoms with van der Waals surface area (Å²) in [5.74, 6) is -1.42. The van der Waals surface area contributed by atoms with Crippen molar-refractivity contribution in [3.05, 3.63) is 42.6 Å². The van der Waals surface area contributed by atoms with E-state index in [1.54, 1.807) is 26.0 Å². The van der Waals surface area contributed by atoms with Crippen LogP contribution < -0.4 is 15.4 Å². The van der Waals surface area contributed by atoms with Crippen LogP contribution in [0, 0.1) is 6.92 Å². The lowest BCUT2D eigenvalue weighted by molar-refractivity contribution is 0.0527. The molecule has 8 nitrogen and oxygen atoms in total. The molecule has 1 amide bonds. The zero-order valence-corrected chi connectivity index (χ0v) is 21.7. The lowest BCUT2D eigenvalue weighted by Crippen LogP contribution is -2.34. The first-order chi connectivity index (χ1) is 14.6. The van der Waals surface area contributed by atoms with Crippen LogP contribution in [-0.4, -0.2) is 43.8 Å². The molecule has 2 aromatic rings. The molecule has 0 unspecified atom stereocenters. The Bertz CT molecular complexity index is 1050. The zero-order valence-electron chi connectivity index (χ0n) is 16.9. The molecule has 0 saturated carbocycles. The predicted octanol–water partition coefficient (Wildman–Crippen LogP) is 4.68. The number of esters is 2. The van der Waals surface area contributed by atoms with Gasteiger partial charge in [-0.3, -0.25) is 10.1 Å². The predicted molar refractivity (Wildman–Crippen MR) is 128 cm³/mol. The first-order valence-electron chi connectivity index (χ1n) is 8.68. The maximum Gasteiger partial charge on any atom is 0.348 e. The van der Waals surface area contributed by atoms with E-state index in [4.69, 9.17) is 26.4 Å². The second kappa shape index (κ2) is 11.0. The molecular formula is C19H18Br2N2O6S2. The van der Waals surface area contributed by atoms with Gasteiger partial charge in [-0.1, -0.05) is 15.9 Å². The third-order valence-electron chi connectivity index (χ3n) is 3.91. The van der Waals surface area contributed by atoms with Crippen LogP contribution in [0.2, 0.25) is 0 Å². The molecule has 0 atom stereocenters. The number of amides is 1. The van der Waals surface area contributed by atoms with E-state index in [9.17, 15) is 14.4 Å². The van der Waals surface area contributed by atoms with Crippen molar-refractivity contribution in [2.75, 3.05) is 26.1 Å². The van der Waals surface area contributed by atoms with Crippen molar-refractivity contribution in [2.45, 2.75) is 13.8 Å².